The van der Waals surface area contributed by atoms with Crippen molar-refractivity contribution in [2.75, 3.05) is 11.9 Å². The SMILES string of the molecule is N#Cc1cc(Cl)cc(Oc2c(Cl)ccc(CNC(=O)c3cc4ccc(NC(=O)CN)cc4[nH]3)c2F)c1.O=C(O)C(F)(F)F. The number of anilines is 1. The fourth-order valence-corrected chi connectivity index (χ4v) is 3.83. The molecule has 0 unspecified atom stereocenters. The Kier molecular flexibility index (Phi) is 10.5. The predicted octanol–water partition coefficient (Wildman–Crippen LogP) is 5.74. The highest BCUT2D eigenvalue weighted by molar-refractivity contribution is 6.32. The molecule has 2 amide bonds. The second-order valence-electron chi connectivity index (χ2n) is 8.46. The second-order valence-corrected chi connectivity index (χ2v) is 9.31. The summed E-state index contributed by atoms with van der Waals surface area (Å²) in [5.41, 5.74) is 7.09. The van der Waals surface area contributed by atoms with Gasteiger partial charge in [0.05, 0.1) is 23.2 Å². The van der Waals surface area contributed by atoms with Gasteiger partial charge in [-0.3, -0.25) is 9.59 Å². The molecule has 43 heavy (non-hydrogen) atoms. The monoisotopic (exact) mass is 639 g/mol. The maximum atomic E-state index is 15.2. The van der Waals surface area contributed by atoms with Crippen LogP contribution < -0.4 is 21.1 Å². The molecule has 0 aliphatic rings. The van der Waals surface area contributed by atoms with Crippen LogP contribution in [0.5, 0.6) is 11.5 Å². The van der Waals surface area contributed by atoms with Crippen molar-refractivity contribution in [2.45, 2.75) is 12.7 Å². The first kappa shape index (κ1) is 32.7. The number of carbonyl (C=O) groups is 3. The molecule has 0 spiro atoms. The van der Waals surface area contributed by atoms with Crippen molar-refractivity contribution in [3.63, 3.8) is 0 Å². The van der Waals surface area contributed by atoms with E-state index in [1.807, 2.05) is 6.07 Å². The number of carboxylic acid groups (broad SMARTS) is 1. The molecule has 4 aromatic rings. The highest BCUT2D eigenvalue weighted by atomic mass is 35.5. The number of rotatable bonds is 7. The summed E-state index contributed by atoms with van der Waals surface area (Å²) in [5.74, 6) is -4.45. The van der Waals surface area contributed by atoms with Crippen molar-refractivity contribution in [1.82, 2.24) is 10.3 Å². The Morgan fingerprint density at radius 1 is 1.07 bits per heavy atom. The van der Waals surface area contributed by atoms with Crippen LogP contribution in [0.4, 0.5) is 23.2 Å². The molecule has 10 nitrogen and oxygen atoms in total. The fourth-order valence-electron chi connectivity index (χ4n) is 3.42. The van der Waals surface area contributed by atoms with E-state index in [9.17, 15) is 22.8 Å². The number of aromatic amines is 1. The summed E-state index contributed by atoms with van der Waals surface area (Å²) >= 11 is 12.1. The smallest absolute Gasteiger partial charge is 0.475 e. The van der Waals surface area contributed by atoms with E-state index in [2.05, 4.69) is 15.6 Å². The second kappa shape index (κ2) is 13.9. The van der Waals surface area contributed by atoms with E-state index in [1.54, 1.807) is 24.3 Å². The van der Waals surface area contributed by atoms with Gasteiger partial charge in [0.15, 0.2) is 11.6 Å². The summed E-state index contributed by atoms with van der Waals surface area (Å²) in [7, 11) is 0. The van der Waals surface area contributed by atoms with Crippen molar-refractivity contribution in [2.24, 2.45) is 5.73 Å². The Balaban J connectivity index is 0.000000646. The summed E-state index contributed by atoms with van der Waals surface area (Å²) < 4.78 is 52.5. The largest absolute Gasteiger partial charge is 0.490 e. The van der Waals surface area contributed by atoms with Gasteiger partial charge < -0.3 is 31.2 Å². The Labute approximate surface area is 249 Å². The third kappa shape index (κ3) is 8.82. The molecule has 0 aliphatic carbocycles. The number of ether oxygens (including phenoxy) is 1. The van der Waals surface area contributed by atoms with Crippen molar-refractivity contribution in [3.8, 4) is 17.6 Å². The predicted molar refractivity (Wildman–Crippen MR) is 148 cm³/mol. The Hall–Kier alpha value is -4.84. The van der Waals surface area contributed by atoms with Crippen molar-refractivity contribution < 1.29 is 41.8 Å². The number of halogens is 6. The Morgan fingerprint density at radius 2 is 1.77 bits per heavy atom. The lowest BCUT2D eigenvalue weighted by Crippen LogP contribution is -2.23. The standard InChI is InChI=1S/C25H18Cl2FN5O3.C2HF3O2/c26-16-5-13(10-29)6-18(8-16)36-24-19(27)4-2-15(23(24)28)12-31-25(35)21-7-14-1-3-17(9-20(14)33-21)32-22(34)11-30;3-2(4,5)1(6)7/h1-9,33H,11-12,30H2,(H,31,35)(H,32,34);(H,6,7). The molecule has 0 saturated carbocycles. The van der Waals surface area contributed by atoms with Gasteiger partial charge in [0.1, 0.15) is 11.4 Å². The topological polar surface area (TPSA) is 170 Å². The number of aromatic nitrogens is 1. The van der Waals surface area contributed by atoms with E-state index >= 15 is 4.39 Å². The average Bonchev–Trinajstić information content (AvgIpc) is 3.38. The van der Waals surface area contributed by atoms with Crippen LogP contribution in [-0.2, 0) is 16.1 Å². The van der Waals surface area contributed by atoms with Crippen LogP contribution in [-0.4, -0.2) is 40.6 Å². The van der Waals surface area contributed by atoms with Crippen LogP contribution in [0.25, 0.3) is 10.9 Å². The number of hydrogen-bond acceptors (Lipinski definition) is 6. The summed E-state index contributed by atoms with van der Waals surface area (Å²) in [6.45, 7) is -0.297. The fraction of sp³-hybridized carbons (Fsp3) is 0.111. The van der Waals surface area contributed by atoms with Gasteiger partial charge in [0.25, 0.3) is 5.91 Å². The maximum Gasteiger partial charge on any atom is 0.490 e. The number of H-pyrrole nitrogens is 1. The van der Waals surface area contributed by atoms with Crippen molar-refractivity contribution in [3.05, 3.63) is 87.3 Å². The van der Waals surface area contributed by atoms with Gasteiger partial charge >= 0.3 is 12.1 Å². The van der Waals surface area contributed by atoms with Gasteiger partial charge in [-0.05, 0) is 42.5 Å². The summed E-state index contributed by atoms with van der Waals surface area (Å²) in [5, 5.41) is 22.5. The first-order chi connectivity index (χ1) is 20.2. The Bertz CT molecular complexity index is 1740. The highest BCUT2D eigenvalue weighted by Crippen LogP contribution is 2.35. The zero-order valence-corrected chi connectivity index (χ0v) is 23.0. The van der Waals surface area contributed by atoms with Crippen LogP contribution in [0, 0.1) is 17.1 Å². The first-order valence-electron chi connectivity index (χ1n) is 11.8. The number of alkyl halides is 3. The molecule has 3 aromatic carbocycles. The van der Waals surface area contributed by atoms with Crippen LogP contribution in [0.2, 0.25) is 10.0 Å². The van der Waals surface area contributed by atoms with Gasteiger partial charge in [0, 0.05) is 33.7 Å². The number of fused-ring (bicyclic) bond motifs is 1. The highest BCUT2D eigenvalue weighted by Gasteiger charge is 2.38. The number of aliphatic carboxylic acids is 1. The van der Waals surface area contributed by atoms with Gasteiger partial charge in [-0.2, -0.15) is 18.4 Å². The number of hydrogen-bond donors (Lipinski definition) is 5. The minimum Gasteiger partial charge on any atom is -0.475 e. The summed E-state index contributed by atoms with van der Waals surface area (Å²) in [6.07, 6.45) is -5.08. The van der Waals surface area contributed by atoms with E-state index in [1.165, 1.54) is 30.3 Å². The lowest BCUT2D eigenvalue weighted by Gasteiger charge is -2.13. The number of nitrogens with two attached hydrogens (primary N) is 1. The summed E-state index contributed by atoms with van der Waals surface area (Å²) in [4.78, 5) is 36.1. The first-order valence-corrected chi connectivity index (χ1v) is 12.5. The number of benzene rings is 3. The van der Waals surface area contributed by atoms with E-state index in [0.717, 1.165) is 5.39 Å². The van der Waals surface area contributed by atoms with Crippen LogP contribution in [0.15, 0.2) is 54.6 Å². The minimum absolute atomic E-state index is 0.00853. The number of nitrogens with one attached hydrogen (secondary N) is 3. The lowest BCUT2D eigenvalue weighted by molar-refractivity contribution is -0.192. The van der Waals surface area contributed by atoms with E-state index < -0.39 is 23.9 Å². The zero-order chi connectivity index (χ0) is 31.9. The molecule has 0 bridgehead atoms. The van der Waals surface area contributed by atoms with Crippen molar-refractivity contribution >= 4 is 57.6 Å². The normalized spacial score (nSPS) is 10.7. The molecule has 0 radical (unpaired) electrons. The molecular weight excluding hydrogens is 621 g/mol. The van der Waals surface area contributed by atoms with Gasteiger partial charge in [-0.25, -0.2) is 9.18 Å². The molecule has 0 saturated heterocycles. The quantitative estimate of drug-likeness (QED) is 0.161. The molecular formula is C27H19Cl2F4N5O5. The molecule has 16 heteroatoms. The molecule has 4 rings (SSSR count). The minimum atomic E-state index is -5.08. The maximum absolute atomic E-state index is 15.2. The van der Waals surface area contributed by atoms with Crippen LogP contribution in [0.1, 0.15) is 21.6 Å². The third-order valence-corrected chi connectivity index (χ3v) is 5.88. The van der Waals surface area contributed by atoms with Gasteiger partial charge in [0.2, 0.25) is 5.91 Å². The summed E-state index contributed by atoms with van der Waals surface area (Å²) in [6, 6.07) is 15.8. The number of carbonyl (C=O) groups excluding carboxylic acids is 2. The third-order valence-electron chi connectivity index (χ3n) is 5.37. The lowest BCUT2D eigenvalue weighted by atomic mass is 10.2. The zero-order valence-electron chi connectivity index (χ0n) is 21.5. The average molecular weight is 640 g/mol. The molecule has 6 N–H and O–H groups in total. The van der Waals surface area contributed by atoms with Crippen molar-refractivity contribution in [1.29, 1.82) is 5.26 Å². The Morgan fingerprint density at radius 3 is 2.40 bits per heavy atom. The van der Waals surface area contributed by atoms with E-state index in [0.29, 0.717) is 11.2 Å². The van der Waals surface area contributed by atoms with E-state index in [-0.39, 0.29) is 57.4 Å². The molecule has 1 heterocycles. The molecule has 0 aliphatic heterocycles. The van der Waals surface area contributed by atoms with Crippen LogP contribution >= 0.6 is 23.2 Å². The van der Waals surface area contributed by atoms with Gasteiger partial charge in [-0.15, -0.1) is 0 Å². The molecule has 1 aromatic heterocycles. The molecule has 224 valence electrons. The van der Waals surface area contributed by atoms with Gasteiger partial charge in [-0.1, -0.05) is 35.3 Å². The molecule has 0 atom stereocenters. The number of carboxylic acids is 1. The van der Waals surface area contributed by atoms with E-state index in [4.69, 9.17) is 48.8 Å². The molecule has 0 fully saturated rings. The number of amides is 2. The number of nitriles is 1. The number of nitrogens with zero attached hydrogens (tertiary/aromatic N) is 1. The van der Waals surface area contributed by atoms with Crippen LogP contribution in [0.3, 0.4) is 0 Å².